The van der Waals surface area contributed by atoms with Crippen molar-refractivity contribution in [3.8, 4) is 0 Å². The largest absolute Gasteiger partial charge is 0.387 e. The van der Waals surface area contributed by atoms with E-state index in [4.69, 9.17) is 0 Å². The third-order valence-electron chi connectivity index (χ3n) is 2.85. The van der Waals surface area contributed by atoms with E-state index in [1.807, 2.05) is 30.3 Å². The Hall–Kier alpha value is -1.72. The molecule has 0 aromatic heterocycles. The second-order valence-corrected chi connectivity index (χ2v) is 5.06. The van der Waals surface area contributed by atoms with Crippen LogP contribution in [0.5, 0.6) is 0 Å². The molecule has 2 aromatic rings. The van der Waals surface area contributed by atoms with Crippen molar-refractivity contribution in [3.63, 3.8) is 0 Å². The minimum Gasteiger partial charge on any atom is -0.387 e. The maximum absolute atomic E-state index is 11.0. The summed E-state index contributed by atoms with van der Waals surface area (Å²) in [6.07, 6.45) is -0.982. The lowest BCUT2D eigenvalue weighted by Crippen LogP contribution is -2.07. The van der Waals surface area contributed by atoms with Crippen LogP contribution in [0.25, 0.3) is 0 Å². The molecule has 98 valence electrons. The molecule has 0 heterocycles. The van der Waals surface area contributed by atoms with E-state index in [1.54, 1.807) is 18.2 Å². The highest BCUT2D eigenvalue weighted by molar-refractivity contribution is 9.09. The zero-order chi connectivity index (χ0) is 13.8. The van der Waals surface area contributed by atoms with Crippen LogP contribution in [0.4, 0.5) is 5.69 Å². The Labute approximate surface area is 119 Å². The number of hydrogen-bond donors (Lipinski definition) is 1. The summed E-state index contributed by atoms with van der Waals surface area (Å²) >= 11 is 3.40. The number of hydrogen-bond acceptors (Lipinski definition) is 3. The molecule has 0 spiro atoms. The number of para-hydroxylation sites is 1. The lowest BCUT2D eigenvalue weighted by Gasteiger charge is -2.18. The van der Waals surface area contributed by atoms with Gasteiger partial charge in [0.1, 0.15) is 6.10 Å². The van der Waals surface area contributed by atoms with Gasteiger partial charge in [-0.05, 0) is 11.6 Å². The number of nitro groups is 1. The normalized spacial score (nSPS) is 13.8. The Morgan fingerprint density at radius 2 is 1.63 bits per heavy atom. The van der Waals surface area contributed by atoms with Gasteiger partial charge in [-0.1, -0.05) is 58.4 Å². The van der Waals surface area contributed by atoms with Crippen molar-refractivity contribution >= 4 is 21.6 Å². The van der Waals surface area contributed by atoms with Crippen LogP contribution in [0, 0.1) is 10.1 Å². The van der Waals surface area contributed by atoms with E-state index in [2.05, 4.69) is 15.9 Å². The zero-order valence-electron chi connectivity index (χ0n) is 9.94. The van der Waals surface area contributed by atoms with Gasteiger partial charge in [-0.3, -0.25) is 10.1 Å². The van der Waals surface area contributed by atoms with Crippen molar-refractivity contribution in [2.75, 3.05) is 0 Å². The van der Waals surface area contributed by atoms with Crippen LogP contribution in [-0.2, 0) is 0 Å². The number of aliphatic hydroxyl groups excluding tert-OH is 1. The van der Waals surface area contributed by atoms with Crippen LogP contribution in [0.3, 0.4) is 0 Å². The summed E-state index contributed by atoms with van der Waals surface area (Å²) in [6.45, 7) is 0. The van der Waals surface area contributed by atoms with Crippen LogP contribution in [-0.4, -0.2) is 10.0 Å². The van der Waals surface area contributed by atoms with Crippen molar-refractivity contribution in [3.05, 3.63) is 75.8 Å². The number of nitro benzene ring substituents is 1. The fraction of sp³-hybridized carbons (Fsp3) is 0.143. The SMILES string of the molecule is O=[N+]([O-])c1ccccc1[C@@H](O)[C@H](Br)c1ccccc1. The fourth-order valence-corrected chi connectivity index (χ4v) is 2.47. The first-order chi connectivity index (χ1) is 9.11. The highest BCUT2D eigenvalue weighted by Crippen LogP contribution is 2.39. The van der Waals surface area contributed by atoms with E-state index in [9.17, 15) is 15.2 Å². The van der Waals surface area contributed by atoms with Gasteiger partial charge in [0.05, 0.1) is 15.3 Å². The number of halogens is 1. The summed E-state index contributed by atoms with van der Waals surface area (Å²) in [7, 11) is 0. The molecule has 0 unspecified atom stereocenters. The number of benzene rings is 2. The highest BCUT2D eigenvalue weighted by Gasteiger charge is 2.26. The predicted octanol–water partition coefficient (Wildman–Crippen LogP) is 3.76. The molecule has 0 radical (unpaired) electrons. The number of alkyl halides is 1. The standard InChI is InChI=1S/C14H12BrNO3/c15-13(10-6-2-1-3-7-10)14(17)11-8-4-5-9-12(11)16(18)19/h1-9,13-14,17H/t13-,14-/m1/s1. The Morgan fingerprint density at radius 1 is 1.05 bits per heavy atom. The predicted molar refractivity (Wildman–Crippen MR) is 76.2 cm³/mol. The molecule has 2 aromatic carbocycles. The quantitative estimate of drug-likeness (QED) is 0.529. The first-order valence-corrected chi connectivity index (χ1v) is 6.63. The average molecular weight is 322 g/mol. The molecule has 2 rings (SSSR count). The minimum atomic E-state index is -0.982. The maximum Gasteiger partial charge on any atom is 0.275 e. The molecule has 19 heavy (non-hydrogen) atoms. The molecule has 0 aliphatic carbocycles. The third kappa shape index (κ3) is 3.00. The Balaban J connectivity index is 2.34. The van der Waals surface area contributed by atoms with Crippen molar-refractivity contribution in [2.24, 2.45) is 0 Å². The van der Waals surface area contributed by atoms with Crippen LogP contribution in [0.2, 0.25) is 0 Å². The molecule has 0 aliphatic heterocycles. The highest BCUT2D eigenvalue weighted by atomic mass is 79.9. The first kappa shape index (κ1) is 13.7. The van der Waals surface area contributed by atoms with Gasteiger partial charge in [0.25, 0.3) is 5.69 Å². The second-order valence-electron chi connectivity index (χ2n) is 4.07. The number of nitrogens with zero attached hydrogens (tertiary/aromatic N) is 1. The van der Waals surface area contributed by atoms with Crippen molar-refractivity contribution < 1.29 is 10.0 Å². The van der Waals surface area contributed by atoms with Gasteiger partial charge in [0.2, 0.25) is 0 Å². The van der Waals surface area contributed by atoms with Crippen LogP contribution in [0.15, 0.2) is 54.6 Å². The maximum atomic E-state index is 11.0. The Kier molecular flexibility index (Phi) is 4.29. The molecule has 5 heteroatoms. The molecule has 0 saturated carbocycles. The van der Waals surface area contributed by atoms with Crippen LogP contribution < -0.4 is 0 Å². The van der Waals surface area contributed by atoms with E-state index in [-0.39, 0.29) is 5.69 Å². The molecule has 0 aliphatic rings. The Bertz CT molecular complexity index is 574. The molecular weight excluding hydrogens is 310 g/mol. The molecule has 0 fully saturated rings. The fourth-order valence-electron chi connectivity index (χ4n) is 1.88. The van der Waals surface area contributed by atoms with Gasteiger partial charge in [0.15, 0.2) is 0 Å². The lowest BCUT2D eigenvalue weighted by atomic mass is 10.00. The minimum absolute atomic E-state index is 0.0737. The van der Waals surface area contributed by atoms with E-state index >= 15 is 0 Å². The van der Waals surface area contributed by atoms with Gasteiger partial charge in [0, 0.05) is 6.07 Å². The molecule has 0 saturated heterocycles. The van der Waals surface area contributed by atoms with Gasteiger partial charge in [-0.2, -0.15) is 0 Å². The smallest absolute Gasteiger partial charge is 0.275 e. The summed E-state index contributed by atoms with van der Waals surface area (Å²) < 4.78 is 0. The molecule has 0 amide bonds. The average Bonchev–Trinajstić information content (AvgIpc) is 2.46. The molecule has 2 atom stereocenters. The zero-order valence-corrected chi connectivity index (χ0v) is 11.5. The molecule has 1 N–H and O–H groups in total. The summed E-state index contributed by atoms with van der Waals surface area (Å²) in [5, 5.41) is 21.3. The monoisotopic (exact) mass is 321 g/mol. The van der Waals surface area contributed by atoms with E-state index in [0.717, 1.165) is 5.56 Å². The second kappa shape index (κ2) is 5.95. The first-order valence-electron chi connectivity index (χ1n) is 5.71. The molecular formula is C14H12BrNO3. The summed E-state index contributed by atoms with van der Waals surface area (Å²) in [5.41, 5.74) is 1.10. The van der Waals surface area contributed by atoms with Crippen molar-refractivity contribution in [2.45, 2.75) is 10.9 Å². The van der Waals surface area contributed by atoms with Gasteiger partial charge in [-0.25, -0.2) is 0 Å². The number of rotatable bonds is 4. The lowest BCUT2D eigenvalue weighted by molar-refractivity contribution is -0.386. The Morgan fingerprint density at radius 3 is 2.26 bits per heavy atom. The molecule has 0 bridgehead atoms. The topological polar surface area (TPSA) is 63.4 Å². The summed E-state index contributed by atoms with van der Waals surface area (Å²) in [6, 6.07) is 15.5. The van der Waals surface area contributed by atoms with E-state index < -0.39 is 15.9 Å². The molecule has 4 nitrogen and oxygen atoms in total. The third-order valence-corrected chi connectivity index (χ3v) is 3.88. The van der Waals surface area contributed by atoms with E-state index in [1.165, 1.54) is 6.07 Å². The van der Waals surface area contributed by atoms with Crippen molar-refractivity contribution in [1.29, 1.82) is 0 Å². The number of aliphatic hydroxyl groups is 1. The van der Waals surface area contributed by atoms with Gasteiger partial charge >= 0.3 is 0 Å². The van der Waals surface area contributed by atoms with Crippen molar-refractivity contribution in [1.82, 2.24) is 0 Å². The van der Waals surface area contributed by atoms with Gasteiger partial charge < -0.3 is 5.11 Å². The van der Waals surface area contributed by atoms with Crippen LogP contribution in [0.1, 0.15) is 22.1 Å². The van der Waals surface area contributed by atoms with Crippen LogP contribution >= 0.6 is 15.9 Å². The van der Waals surface area contributed by atoms with Gasteiger partial charge in [-0.15, -0.1) is 0 Å². The van der Waals surface area contributed by atoms with E-state index in [0.29, 0.717) is 5.56 Å². The summed E-state index contributed by atoms with van der Waals surface area (Å²) in [4.78, 5) is 10.1. The summed E-state index contributed by atoms with van der Waals surface area (Å²) in [5.74, 6) is 0.